The number of rotatable bonds is 7. The number of aromatic nitrogens is 1. The molecular weight excluding hydrogens is 408 g/mol. The zero-order valence-electron chi connectivity index (χ0n) is 17.7. The fourth-order valence-electron chi connectivity index (χ4n) is 3.41. The van der Waals surface area contributed by atoms with Crippen LogP contribution in [-0.4, -0.2) is 42.0 Å². The Morgan fingerprint density at radius 1 is 1.06 bits per heavy atom. The van der Waals surface area contributed by atoms with Gasteiger partial charge in [-0.25, -0.2) is 0 Å². The highest BCUT2D eigenvalue weighted by molar-refractivity contribution is 6.06. The molecule has 0 fully saturated rings. The van der Waals surface area contributed by atoms with Crippen LogP contribution in [0.4, 0.5) is 11.4 Å². The van der Waals surface area contributed by atoms with Gasteiger partial charge >= 0.3 is 0 Å². The van der Waals surface area contributed by atoms with E-state index in [-0.39, 0.29) is 30.9 Å². The number of hydrogen-bond donors (Lipinski definition) is 2. The second-order valence-electron chi connectivity index (χ2n) is 7.39. The number of benzene rings is 2. The fraction of sp³-hybridized carbons (Fsp3) is 0.208. The minimum atomic E-state index is -0.312. The molecule has 0 radical (unpaired) electrons. The van der Waals surface area contributed by atoms with Crippen LogP contribution in [0.25, 0.3) is 5.69 Å². The maximum absolute atomic E-state index is 12.7. The van der Waals surface area contributed by atoms with Gasteiger partial charge in [0, 0.05) is 35.9 Å². The molecule has 0 saturated heterocycles. The second kappa shape index (κ2) is 9.38. The van der Waals surface area contributed by atoms with Gasteiger partial charge in [-0.1, -0.05) is 6.92 Å². The van der Waals surface area contributed by atoms with Crippen LogP contribution in [0.5, 0.6) is 5.75 Å². The Kier molecular flexibility index (Phi) is 6.21. The Morgan fingerprint density at radius 3 is 2.53 bits per heavy atom. The van der Waals surface area contributed by atoms with Crippen LogP contribution in [0.15, 0.2) is 67.0 Å². The summed E-state index contributed by atoms with van der Waals surface area (Å²) in [7, 11) is 0. The molecule has 164 valence electrons. The average molecular weight is 432 g/mol. The smallest absolute Gasteiger partial charge is 0.265 e. The zero-order chi connectivity index (χ0) is 22.5. The van der Waals surface area contributed by atoms with Crippen molar-refractivity contribution in [2.45, 2.75) is 13.3 Å². The maximum Gasteiger partial charge on any atom is 0.265 e. The molecule has 0 saturated carbocycles. The number of hydrogen-bond acceptors (Lipinski definition) is 4. The molecule has 2 heterocycles. The third kappa shape index (κ3) is 4.64. The molecule has 8 heteroatoms. The summed E-state index contributed by atoms with van der Waals surface area (Å²) in [6.07, 6.45) is 4.67. The van der Waals surface area contributed by atoms with Crippen LogP contribution < -0.4 is 20.3 Å². The Hall–Kier alpha value is -4.07. The lowest BCUT2D eigenvalue weighted by Gasteiger charge is -2.29. The highest BCUT2D eigenvalue weighted by Crippen LogP contribution is 2.34. The summed E-state index contributed by atoms with van der Waals surface area (Å²) in [6, 6.07) is 16.1. The summed E-state index contributed by atoms with van der Waals surface area (Å²) in [5.74, 6) is -0.347. The van der Waals surface area contributed by atoms with Crippen LogP contribution in [0.3, 0.4) is 0 Å². The van der Waals surface area contributed by atoms with Crippen molar-refractivity contribution in [2.75, 3.05) is 29.9 Å². The normalized spacial score (nSPS) is 12.7. The van der Waals surface area contributed by atoms with E-state index < -0.39 is 0 Å². The summed E-state index contributed by atoms with van der Waals surface area (Å²) in [6.45, 7) is 2.27. The monoisotopic (exact) mass is 432 g/mol. The van der Waals surface area contributed by atoms with E-state index >= 15 is 0 Å². The van der Waals surface area contributed by atoms with E-state index in [2.05, 4.69) is 10.6 Å². The van der Waals surface area contributed by atoms with E-state index in [1.807, 2.05) is 48.1 Å². The third-order valence-corrected chi connectivity index (χ3v) is 5.07. The van der Waals surface area contributed by atoms with Crippen molar-refractivity contribution in [3.63, 3.8) is 0 Å². The first-order valence-corrected chi connectivity index (χ1v) is 10.4. The molecule has 8 nitrogen and oxygen atoms in total. The Morgan fingerprint density at radius 2 is 1.81 bits per heavy atom. The molecule has 4 rings (SSSR count). The first-order valence-electron chi connectivity index (χ1n) is 10.4. The minimum Gasteiger partial charge on any atom is -0.482 e. The first-order chi connectivity index (χ1) is 15.5. The molecule has 1 aromatic heterocycles. The predicted molar refractivity (Wildman–Crippen MR) is 121 cm³/mol. The number of fused-ring (bicyclic) bond motifs is 1. The van der Waals surface area contributed by atoms with Gasteiger partial charge in [-0.15, -0.1) is 0 Å². The lowest BCUT2D eigenvalue weighted by atomic mass is 10.1. The van der Waals surface area contributed by atoms with Crippen molar-refractivity contribution in [1.82, 2.24) is 9.88 Å². The number of nitrogens with one attached hydrogen (secondary N) is 2. The molecule has 0 unspecified atom stereocenters. The molecule has 1 aliphatic heterocycles. The van der Waals surface area contributed by atoms with Crippen molar-refractivity contribution < 1.29 is 19.1 Å². The molecule has 1 aliphatic rings. The van der Waals surface area contributed by atoms with Crippen molar-refractivity contribution in [3.05, 3.63) is 72.6 Å². The van der Waals surface area contributed by atoms with Crippen LogP contribution in [-0.2, 0) is 9.59 Å². The quantitative estimate of drug-likeness (QED) is 0.600. The van der Waals surface area contributed by atoms with E-state index in [1.54, 1.807) is 30.3 Å². The summed E-state index contributed by atoms with van der Waals surface area (Å²) in [5, 5.41) is 5.61. The van der Waals surface area contributed by atoms with E-state index in [0.717, 1.165) is 12.1 Å². The van der Waals surface area contributed by atoms with Gasteiger partial charge in [-0.3, -0.25) is 19.3 Å². The van der Waals surface area contributed by atoms with Gasteiger partial charge in [0.25, 0.3) is 11.8 Å². The van der Waals surface area contributed by atoms with E-state index in [1.165, 1.54) is 4.90 Å². The molecule has 32 heavy (non-hydrogen) atoms. The van der Waals surface area contributed by atoms with E-state index in [0.29, 0.717) is 29.2 Å². The van der Waals surface area contributed by atoms with Gasteiger partial charge in [-0.05, 0) is 61.0 Å². The van der Waals surface area contributed by atoms with Gasteiger partial charge in [0.15, 0.2) is 6.61 Å². The number of amides is 3. The fourth-order valence-corrected chi connectivity index (χ4v) is 3.41. The molecule has 2 aromatic carbocycles. The Labute approximate surface area is 185 Å². The van der Waals surface area contributed by atoms with Crippen molar-refractivity contribution in [3.8, 4) is 11.4 Å². The third-order valence-electron chi connectivity index (χ3n) is 5.07. The molecule has 0 aliphatic carbocycles. The second-order valence-corrected chi connectivity index (χ2v) is 7.39. The van der Waals surface area contributed by atoms with Crippen LogP contribution in [0.1, 0.15) is 23.7 Å². The lowest BCUT2D eigenvalue weighted by Crippen LogP contribution is -2.45. The van der Waals surface area contributed by atoms with Crippen molar-refractivity contribution >= 4 is 29.1 Å². The lowest BCUT2D eigenvalue weighted by molar-refractivity contribution is -0.125. The predicted octanol–water partition coefficient (Wildman–Crippen LogP) is 2.98. The van der Waals surface area contributed by atoms with Crippen LogP contribution in [0, 0.1) is 0 Å². The number of carbonyl (C=O) groups is 3. The standard InChI is InChI=1S/C24H24N4O4/c1-2-11-25-22(29)15-28-20-14-18(7-10-21(20)32-16-23(28)30)26-24(31)17-5-8-19(9-6-17)27-12-3-4-13-27/h3-10,12-14H,2,11,15-16H2,1H3,(H,25,29)(H,26,31). The average Bonchev–Trinajstić information content (AvgIpc) is 3.35. The van der Waals surface area contributed by atoms with Gasteiger partial charge in [0.2, 0.25) is 5.91 Å². The molecule has 3 amide bonds. The molecule has 2 N–H and O–H groups in total. The largest absolute Gasteiger partial charge is 0.482 e. The molecule has 0 bridgehead atoms. The Balaban J connectivity index is 1.49. The molecule has 0 atom stereocenters. The maximum atomic E-state index is 12.7. The zero-order valence-corrected chi connectivity index (χ0v) is 17.7. The van der Waals surface area contributed by atoms with Gasteiger partial charge < -0.3 is 19.9 Å². The van der Waals surface area contributed by atoms with Crippen molar-refractivity contribution in [2.24, 2.45) is 0 Å². The number of ether oxygens (including phenoxy) is 1. The van der Waals surface area contributed by atoms with Crippen LogP contribution in [0.2, 0.25) is 0 Å². The topological polar surface area (TPSA) is 92.7 Å². The van der Waals surface area contributed by atoms with E-state index in [9.17, 15) is 14.4 Å². The summed E-state index contributed by atoms with van der Waals surface area (Å²) >= 11 is 0. The highest BCUT2D eigenvalue weighted by Gasteiger charge is 2.27. The Bertz CT molecular complexity index is 1120. The van der Waals surface area contributed by atoms with E-state index in [4.69, 9.17) is 4.74 Å². The summed E-state index contributed by atoms with van der Waals surface area (Å²) < 4.78 is 7.44. The number of nitrogens with zero attached hydrogens (tertiary/aromatic N) is 2. The summed E-state index contributed by atoms with van der Waals surface area (Å²) in [5.41, 5.74) is 2.41. The molecule has 0 spiro atoms. The van der Waals surface area contributed by atoms with Gasteiger partial charge in [0.1, 0.15) is 12.3 Å². The van der Waals surface area contributed by atoms with Gasteiger partial charge in [-0.2, -0.15) is 0 Å². The van der Waals surface area contributed by atoms with Gasteiger partial charge in [0.05, 0.1) is 5.69 Å². The summed E-state index contributed by atoms with van der Waals surface area (Å²) in [4.78, 5) is 38.7. The SMILES string of the molecule is CCCNC(=O)CN1C(=O)COc2ccc(NC(=O)c3ccc(-n4cccc4)cc3)cc21. The highest BCUT2D eigenvalue weighted by atomic mass is 16.5. The number of carbonyl (C=O) groups excluding carboxylic acids is 3. The number of anilines is 2. The molecular formula is C24H24N4O4. The first kappa shape index (κ1) is 21.2. The minimum absolute atomic E-state index is 0.104. The van der Waals surface area contributed by atoms with Crippen molar-refractivity contribution in [1.29, 1.82) is 0 Å². The molecule has 3 aromatic rings. The van der Waals surface area contributed by atoms with Crippen LogP contribution >= 0.6 is 0 Å².